The van der Waals surface area contributed by atoms with E-state index < -0.39 is 0 Å². The minimum atomic E-state index is -0.154. The normalized spacial score (nSPS) is 12.6. The highest BCUT2D eigenvalue weighted by molar-refractivity contribution is 5.66. The van der Waals surface area contributed by atoms with Crippen LogP contribution in [0.5, 0.6) is 0 Å². The monoisotopic (exact) mass is 172 g/mol. The summed E-state index contributed by atoms with van der Waals surface area (Å²) in [4.78, 5) is 10.6. The minimum absolute atomic E-state index is 0.147. The Labute approximate surface area is 75.3 Å². The third-order valence-corrected chi connectivity index (χ3v) is 1.92. The summed E-state index contributed by atoms with van der Waals surface area (Å²) < 4.78 is 5.11. The van der Waals surface area contributed by atoms with E-state index in [1.54, 1.807) is 0 Å². The lowest BCUT2D eigenvalue weighted by Gasteiger charge is -2.14. The summed E-state index contributed by atoms with van der Waals surface area (Å²) in [5.41, 5.74) is 0. The second-order valence-electron chi connectivity index (χ2n) is 3.14. The summed E-state index contributed by atoms with van der Waals surface area (Å²) in [6.07, 6.45) is 5.72. The standard InChI is InChI=1S/C10H20O2/c1-4-6-7-8-10(5-2)12-9(3)11/h10H,4-8H2,1-3H3/t10-/m1/s1. The van der Waals surface area contributed by atoms with E-state index in [4.69, 9.17) is 4.74 Å². The third-order valence-electron chi connectivity index (χ3n) is 1.92. The van der Waals surface area contributed by atoms with Gasteiger partial charge in [0, 0.05) is 6.92 Å². The molecule has 72 valence electrons. The molecular weight excluding hydrogens is 152 g/mol. The van der Waals surface area contributed by atoms with Crippen molar-refractivity contribution < 1.29 is 9.53 Å². The summed E-state index contributed by atoms with van der Waals surface area (Å²) in [5, 5.41) is 0. The molecule has 0 amide bonds. The predicted octanol–water partition coefficient (Wildman–Crippen LogP) is 2.91. The molecule has 0 unspecified atom stereocenters. The summed E-state index contributed by atoms with van der Waals surface area (Å²) in [6, 6.07) is 0. The Morgan fingerprint density at radius 1 is 1.33 bits per heavy atom. The van der Waals surface area contributed by atoms with Crippen molar-refractivity contribution >= 4 is 5.97 Å². The van der Waals surface area contributed by atoms with E-state index in [-0.39, 0.29) is 12.1 Å². The Hall–Kier alpha value is -0.530. The van der Waals surface area contributed by atoms with Gasteiger partial charge in [0.1, 0.15) is 6.10 Å². The van der Waals surface area contributed by atoms with Gasteiger partial charge in [0.25, 0.3) is 0 Å². The molecule has 0 aliphatic heterocycles. The van der Waals surface area contributed by atoms with Gasteiger partial charge in [-0.15, -0.1) is 0 Å². The van der Waals surface area contributed by atoms with Gasteiger partial charge in [-0.3, -0.25) is 4.79 Å². The number of rotatable bonds is 6. The van der Waals surface area contributed by atoms with Gasteiger partial charge in [0.15, 0.2) is 0 Å². The van der Waals surface area contributed by atoms with Crippen LogP contribution in [0, 0.1) is 0 Å². The number of hydrogen-bond donors (Lipinski definition) is 0. The maximum atomic E-state index is 10.6. The average Bonchev–Trinajstić information content (AvgIpc) is 2.02. The molecule has 0 N–H and O–H groups in total. The smallest absolute Gasteiger partial charge is 0.302 e. The maximum absolute atomic E-state index is 10.6. The van der Waals surface area contributed by atoms with E-state index >= 15 is 0 Å². The fraction of sp³-hybridized carbons (Fsp3) is 0.900. The lowest BCUT2D eigenvalue weighted by Crippen LogP contribution is -2.14. The highest BCUT2D eigenvalue weighted by atomic mass is 16.5. The molecule has 0 rings (SSSR count). The molecule has 0 bridgehead atoms. The predicted molar refractivity (Wildman–Crippen MR) is 50.0 cm³/mol. The average molecular weight is 172 g/mol. The molecule has 0 aromatic heterocycles. The second kappa shape index (κ2) is 7.14. The van der Waals surface area contributed by atoms with Crippen LogP contribution in [-0.2, 0) is 9.53 Å². The van der Waals surface area contributed by atoms with Gasteiger partial charge in [-0.05, 0) is 19.3 Å². The van der Waals surface area contributed by atoms with Gasteiger partial charge in [-0.1, -0.05) is 26.7 Å². The van der Waals surface area contributed by atoms with Crippen molar-refractivity contribution in [2.45, 2.75) is 59.0 Å². The lowest BCUT2D eigenvalue weighted by atomic mass is 10.1. The first kappa shape index (κ1) is 11.5. The van der Waals surface area contributed by atoms with E-state index in [0.29, 0.717) is 0 Å². The minimum Gasteiger partial charge on any atom is -0.463 e. The zero-order chi connectivity index (χ0) is 9.40. The quantitative estimate of drug-likeness (QED) is 0.455. The number of esters is 1. The summed E-state index contributed by atoms with van der Waals surface area (Å²) >= 11 is 0. The largest absolute Gasteiger partial charge is 0.463 e. The summed E-state index contributed by atoms with van der Waals surface area (Å²) in [7, 11) is 0. The van der Waals surface area contributed by atoms with Crippen LogP contribution >= 0.6 is 0 Å². The molecule has 0 saturated carbocycles. The molecule has 0 heterocycles. The molecule has 1 atom stereocenters. The Balaban J connectivity index is 3.46. The fourth-order valence-electron chi connectivity index (χ4n) is 1.20. The molecule has 0 aromatic carbocycles. The van der Waals surface area contributed by atoms with Crippen LogP contribution in [0.25, 0.3) is 0 Å². The zero-order valence-electron chi connectivity index (χ0n) is 8.43. The van der Waals surface area contributed by atoms with Crippen molar-refractivity contribution in [3.63, 3.8) is 0 Å². The molecule has 0 aromatic rings. The van der Waals surface area contributed by atoms with Gasteiger partial charge >= 0.3 is 5.97 Å². The van der Waals surface area contributed by atoms with Crippen molar-refractivity contribution in [3.8, 4) is 0 Å². The highest BCUT2D eigenvalue weighted by Gasteiger charge is 2.07. The first-order valence-electron chi connectivity index (χ1n) is 4.87. The first-order valence-corrected chi connectivity index (χ1v) is 4.87. The van der Waals surface area contributed by atoms with Crippen LogP contribution in [0.3, 0.4) is 0 Å². The van der Waals surface area contributed by atoms with Crippen LogP contribution in [0.15, 0.2) is 0 Å². The lowest BCUT2D eigenvalue weighted by molar-refractivity contribution is -0.146. The van der Waals surface area contributed by atoms with Crippen LogP contribution in [0.4, 0.5) is 0 Å². The summed E-state index contributed by atoms with van der Waals surface area (Å²) in [5.74, 6) is -0.154. The Kier molecular flexibility index (Phi) is 6.82. The number of ether oxygens (including phenoxy) is 1. The van der Waals surface area contributed by atoms with Gasteiger partial charge in [0.05, 0.1) is 0 Å². The molecule has 0 aliphatic carbocycles. The number of hydrogen-bond acceptors (Lipinski definition) is 2. The third kappa shape index (κ3) is 6.20. The van der Waals surface area contributed by atoms with Crippen LogP contribution in [0.2, 0.25) is 0 Å². The molecule has 0 fully saturated rings. The fourth-order valence-corrected chi connectivity index (χ4v) is 1.20. The Bertz CT molecular complexity index is 121. The van der Waals surface area contributed by atoms with Crippen molar-refractivity contribution in [3.05, 3.63) is 0 Å². The van der Waals surface area contributed by atoms with Crippen LogP contribution < -0.4 is 0 Å². The number of carbonyl (C=O) groups is 1. The molecule has 0 saturated heterocycles. The molecule has 12 heavy (non-hydrogen) atoms. The van der Waals surface area contributed by atoms with Crippen molar-refractivity contribution in [1.82, 2.24) is 0 Å². The number of unbranched alkanes of at least 4 members (excludes halogenated alkanes) is 2. The first-order chi connectivity index (χ1) is 5.70. The van der Waals surface area contributed by atoms with Gasteiger partial charge in [0.2, 0.25) is 0 Å². The molecule has 0 aliphatic rings. The molecular formula is C10H20O2. The maximum Gasteiger partial charge on any atom is 0.302 e. The topological polar surface area (TPSA) is 26.3 Å². The SMILES string of the molecule is CCCCC[C@@H](CC)OC(C)=O. The van der Waals surface area contributed by atoms with Gasteiger partial charge in [-0.25, -0.2) is 0 Å². The molecule has 0 radical (unpaired) electrons. The Morgan fingerprint density at radius 3 is 2.42 bits per heavy atom. The van der Waals surface area contributed by atoms with E-state index in [1.807, 2.05) is 0 Å². The zero-order valence-corrected chi connectivity index (χ0v) is 8.43. The van der Waals surface area contributed by atoms with Crippen LogP contribution in [-0.4, -0.2) is 12.1 Å². The van der Waals surface area contributed by atoms with Gasteiger partial charge < -0.3 is 4.74 Å². The van der Waals surface area contributed by atoms with Crippen molar-refractivity contribution in [2.24, 2.45) is 0 Å². The van der Waals surface area contributed by atoms with E-state index in [1.165, 1.54) is 26.2 Å². The van der Waals surface area contributed by atoms with Gasteiger partial charge in [-0.2, -0.15) is 0 Å². The van der Waals surface area contributed by atoms with Crippen molar-refractivity contribution in [2.75, 3.05) is 0 Å². The summed E-state index contributed by atoms with van der Waals surface area (Å²) in [6.45, 7) is 5.70. The molecule has 0 spiro atoms. The number of carbonyl (C=O) groups excluding carboxylic acids is 1. The van der Waals surface area contributed by atoms with E-state index in [2.05, 4.69) is 13.8 Å². The van der Waals surface area contributed by atoms with E-state index in [9.17, 15) is 4.79 Å². The highest BCUT2D eigenvalue weighted by Crippen LogP contribution is 2.09. The molecule has 2 heteroatoms. The molecule has 2 nitrogen and oxygen atoms in total. The van der Waals surface area contributed by atoms with Crippen molar-refractivity contribution in [1.29, 1.82) is 0 Å². The van der Waals surface area contributed by atoms with E-state index in [0.717, 1.165) is 12.8 Å². The second-order valence-corrected chi connectivity index (χ2v) is 3.14. The Morgan fingerprint density at radius 2 is 2.00 bits per heavy atom. The van der Waals surface area contributed by atoms with Crippen LogP contribution in [0.1, 0.15) is 52.9 Å².